The standard InChI is InChI=1S/C24H38N4O4/c1-24(2)13-16-20(32-24)15-28-21(16)22(30)27-18(19(29)14-25)12-10-8-6-4-3-5-7-9-11-17(26)23(28)31/h3-4,16-21,29H,5-13,15,26H2,1-2H3,(H,27,30)/t16-,17-,18-,19?,20-,21-/m0/s1. The number of nitriles is 1. The SMILES string of the molecule is CC1(C)C[C@H]2[C@H](CN3C(=O)[C@@H](N)CCCCC=CCCCC[C@@H](C(O)C#N)NC(=O)[C@H]23)O1. The number of aliphatic hydroxyl groups excluding tert-OH is 1. The normalized spacial score (nSPS) is 35.3. The molecule has 2 fully saturated rings. The molecule has 3 aliphatic rings. The van der Waals surface area contributed by atoms with Crippen LogP contribution in [0, 0.1) is 17.2 Å². The van der Waals surface area contributed by atoms with Gasteiger partial charge in [0, 0.05) is 12.5 Å². The number of amides is 2. The molecule has 1 unspecified atom stereocenters. The molecule has 0 spiro atoms. The van der Waals surface area contributed by atoms with Crippen molar-refractivity contribution in [2.24, 2.45) is 11.7 Å². The molecule has 0 saturated carbocycles. The van der Waals surface area contributed by atoms with E-state index in [4.69, 9.17) is 10.5 Å². The van der Waals surface area contributed by atoms with Gasteiger partial charge in [-0.2, -0.15) is 5.26 Å². The Morgan fingerprint density at radius 3 is 2.53 bits per heavy atom. The maximum Gasteiger partial charge on any atom is 0.243 e. The third kappa shape index (κ3) is 5.89. The maximum atomic E-state index is 13.4. The molecule has 32 heavy (non-hydrogen) atoms. The molecular formula is C24H38N4O4. The van der Waals surface area contributed by atoms with Crippen LogP contribution in [0.25, 0.3) is 0 Å². The summed E-state index contributed by atoms with van der Waals surface area (Å²) in [7, 11) is 0. The van der Waals surface area contributed by atoms with Crippen LogP contribution in [0.15, 0.2) is 12.2 Å². The number of hydrogen-bond acceptors (Lipinski definition) is 6. The molecule has 2 amide bonds. The van der Waals surface area contributed by atoms with Crippen LogP contribution in [0.4, 0.5) is 0 Å². The van der Waals surface area contributed by atoms with Gasteiger partial charge in [-0.15, -0.1) is 0 Å². The molecule has 0 aromatic rings. The first-order valence-electron chi connectivity index (χ1n) is 12.0. The summed E-state index contributed by atoms with van der Waals surface area (Å²) in [5.41, 5.74) is 5.88. The molecule has 0 bridgehead atoms. The van der Waals surface area contributed by atoms with Crippen LogP contribution in [0.3, 0.4) is 0 Å². The Morgan fingerprint density at radius 1 is 1.22 bits per heavy atom. The molecule has 0 aromatic heterocycles. The molecule has 8 heteroatoms. The predicted octanol–water partition coefficient (Wildman–Crippen LogP) is 1.77. The van der Waals surface area contributed by atoms with E-state index in [0.29, 0.717) is 25.8 Å². The van der Waals surface area contributed by atoms with Crippen molar-refractivity contribution < 1.29 is 19.4 Å². The van der Waals surface area contributed by atoms with Crippen molar-refractivity contribution in [3.8, 4) is 6.07 Å². The molecule has 6 atom stereocenters. The van der Waals surface area contributed by atoms with E-state index in [2.05, 4.69) is 17.5 Å². The number of nitrogens with two attached hydrogens (primary N) is 1. The van der Waals surface area contributed by atoms with Crippen molar-refractivity contribution >= 4 is 11.8 Å². The van der Waals surface area contributed by atoms with Gasteiger partial charge in [0.25, 0.3) is 0 Å². The fourth-order valence-corrected chi connectivity index (χ4v) is 5.33. The lowest BCUT2D eigenvalue weighted by Gasteiger charge is -2.32. The van der Waals surface area contributed by atoms with E-state index in [9.17, 15) is 20.0 Å². The Bertz CT molecular complexity index is 747. The number of rotatable bonds is 1. The van der Waals surface area contributed by atoms with E-state index in [0.717, 1.165) is 38.5 Å². The zero-order valence-corrected chi connectivity index (χ0v) is 19.3. The highest BCUT2D eigenvalue weighted by Gasteiger charge is 2.55. The highest BCUT2D eigenvalue weighted by Crippen LogP contribution is 2.43. The second-order valence-corrected chi connectivity index (χ2v) is 10.1. The zero-order valence-electron chi connectivity index (χ0n) is 19.3. The van der Waals surface area contributed by atoms with Gasteiger partial charge in [0.15, 0.2) is 6.10 Å². The second-order valence-electron chi connectivity index (χ2n) is 10.1. The minimum absolute atomic E-state index is 0.132. The number of carbonyl (C=O) groups excluding carboxylic acids is 2. The van der Waals surface area contributed by atoms with Crippen molar-refractivity contribution in [3.05, 3.63) is 12.2 Å². The van der Waals surface area contributed by atoms with Crippen LogP contribution in [0.2, 0.25) is 0 Å². The van der Waals surface area contributed by atoms with Crippen LogP contribution < -0.4 is 11.1 Å². The van der Waals surface area contributed by atoms with E-state index in [1.165, 1.54) is 0 Å². The Balaban J connectivity index is 1.83. The summed E-state index contributed by atoms with van der Waals surface area (Å²) in [6, 6.07) is -0.179. The van der Waals surface area contributed by atoms with Crippen LogP contribution in [-0.2, 0) is 14.3 Å². The zero-order chi connectivity index (χ0) is 23.3. The molecule has 2 saturated heterocycles. The summed E-state index contributed by atoms with van der Waals surface area (Å²) in [5, 5.41) is 22.4. The topological polar surface area (TPSA) is 129 Å². The van der Waals surface area contributed by atoms with E-state index in [-0.39, 0.29) is 29.4 Å². The lowest BCUT2D eigenvalue weighted by Crippen LogP contribution is -2.56. The molecule has 3 aliphatic heterocycles. The summed E-state index contributed by atoms with van der Waals surface area (Å²) < 4.78 is 6.15. The van der Waals surface area contributed by atoms with Crippen molar-refractivity contribution in [1.29, 1.82) is 5.26 Å². The lowest BCUT2D eigenvalue weighted by atomic mass is 9.89. The highest BCUT2D eigenvalue weighted by molar-refractivity contribution is 5.91. The summed E-state index contributed by atoms with van der Waals surface area (Å²) in [6.45, 7) is 4.33. The number of carbonyl (C=O) groups is 2. The Kier molecular flexibility index (Phi) is 8.32. The third-order valence-corrected chi connectivity index (χ3v) is 6.94. The Hall–Kier alpha value is -1.95. The predicted molar refractivity (Wildman–Crippen MR) is 120 cm³/mol. The largest absolute Gasteiger partial charge is 0.376 e. The molecular weight excluding hydrogens is 408 g/mol. The quantitative estimate of drug-likeness (QED) is 0.416. The van der Waals surface area contributed by atoms with E-state index in [1.807, 2.05) is 19.9 Å². The lowest BCUT2D eigenvalue weighted by molar-refractivity contribution is -0.141. The van der Waals surface area contributed by atoms with Crippen molar-refractivity contribution in [2.75, 3.05) is 6.54 Å². The molecule has 4 N–H and O–H groups in total. The number of fused-ring (bicyclic) bond motifs is 3. The van der Waals surface area contributed by atoms with Gasteiger partial charge in [0.1, 0.15) is 6.04 Å². The fourth-order valence-electron chi connectivity index (χ4n) is 5.33. The van der Waals surface area contributed by atoms with Gasteiger partial charge < -0.3 is 25.8 Å². The van der Waals surface area contributed by atoms with Crippen LogP contribution in [0.1, 0.15) is 71.6 Å². The number of nitrogens with zero attached hydrogens (tertiary/aromatic N) is 2. The minimum atomic E-state index is -1.29. The number of allylic oxidation sites excluding steroid dienone is 2. The maximum absolute atomic E-state index is 13.4. The third-order valence-electron chi connectivity index (χ3n) is 6.94. The summed E-state index contributed by atoms with van der Waals surface area (Å²) in [6.07, 6.45) is 9.95. The average Bonchev–Trinajstić information content (AvgIpc) is 3.23. The van der Waals surface area contributed by atoms with Gasteiger partial charge in [-0.3, -0.25) is 9.59 Å². The summed E-state index contributed by atoms with van der Waals surface area (Å²) in [5.74, 6) is -0.687. The molecule has 0 aliphatic carbocycles. The second kappa shape index (κ2) is 10.8. The van der Waals surface area contributed by atoms with Crippen LogP contribution in [-0.4, -0.2) is 64.3 Å². The molecule has 3 heterocycles. The first-order valence-corrected chi connectivity index (χ1v) is 12.0. The van der Waals surface area contributed by atoms with Crippen molar-refractivity contribution in [3.63, 3.8) is 0 Å². The van der Waals surface area contributed by atoms with Gasteiger partial charge >= 0.3 is 0 Å². The van der Waals surface area contributed by atoms with Crippen LogP contribution >= 0.6 is 0 Å². The molecule has 3 rings (SSSR count). The van der Waals surface area contributed by atoms with Gasteiger partial charge in [0.2, 0.25) is 11.8 Å². The minimum Gasteiger partial charge on any atom is -0.376 e. The molecule has 0 aromatic carbocycles. The van der Waals surface area contributed by atoms with Crippen molar-refractivity contribution in [2.45, 2.75) is 108 Å². The summed E-state index contributed by atoms with van der Waals surface area (Å²) >= 11 is 0. The van der Waals surface area contributed by atoms with E-state index in [1.54, 1.807) is 4.90 Å². The number of hydrogen-bond donors (Lipinski definition) is 3. The first-order chi connectivity index (χ1) is 15.2. The molecule has 0 radical (unpaired) electrons. The molecule has 178 valence electrons. The number of aliphatic hydroxyl groups is 1. The Labute approximate surface area is 191 Å². The van der Waals surface area contributed by atoms with E-state index < -0.39 is 24.2 Å². The van der Waals surface area contributed by atoms with Crippen molar-refractivity contribution in [1.82, 2.24) is 10.2 Å². The smallest absolute Gasteiger partial charge is 0.243 e. The van der Waals surface area contributed by atoms with E-state index >= 15 is 0 Å². The Morgan fingerprint density at radius 2 is 1.88 bits per heavy atom. The molecule has 8 nitrogen and oxygen atoms in total. The monoisotopic (exact) mass is 446 g/mol. The summed E-state index contributed by atoms with van der Waals surface area (Å²) in [4.78, 5) is 28.3. The number of ether oxygens (including phenoxy) is 1. The fraction of sp³-hybridized carbons (Fsp3) is 0.792. The van der Waals surface area contributed by atoms with Gasteiger partial charge in [0.05, 0.1) is 29.9 Å². The van der Waals surface area contributed by atoms with Gasteiger partial charge in [-0.1, -0.05) is 25.0 Å². The highest BCUT2D eigenvalue weighted by atomic mass is 16.5. The van der Waals surface area contributed by atoms with Gasteiger partial charge in [-0.25, -0.2) is 0 Å². The number of nitrogens with one attached hydrogen (secondary N) is 1. The van der Waals surface area contributed by atoms with Crippen LogP contribution in [0.5, 0.6) is 0 Å². The van der Waals surface area contributed by atoms with Gasteiger partial charge in [-0.05, 0) is 58.8 Å². The average molecular weight is 447 g/mol. The first kappa shape index (κ1) is 24.7.